The predicted octanol–water partition coefficient (Wildman–Crippen LogP) is 4.10. The molecule has 1 aliphatic heterocycles. The van der Waals surface area contributed by atoms with Crippen molar-refractivity contribution in [1.82, 2.24) is 4.57 Å². The zero-order valence-electron chi connectivity index (χ0n) is 25.9. The normalized spacial score (nSPS) is 14.3. The van der Waals surface area contributed by atoms with Crippen molar-refractivity contribution < 1.29 is 38.4 Å². The molecule has 0 bridgehead atoms. The van der Waals surface area contributed by atoms with Gasteiger partial charge in [-0.1, -0.05) is 29.5 Å². The van der Waals surface area contributed by atoms with Crippen LogP contribution in [0.2, 0.25) is 0 Å². The smallest absolute Gasteiger partial charge is 0.338 e. The van der Waals surface area contributed by atoms with E-state index in [1.165, 1.54) is 43.3 Å². The van der Waals surface area contributed by atoms with Gasteiger partial charge in [-0.15, -0.1) is 0 Å². The van der Waals surface area contributed by atoms with Crippen LogP contribution < -0.4 is 33.8 Å². The third-order valence-corrected chi connectivity index (χ3v) is 8.29. The molecule has 11 nitrogen and oxygen atoms in total. The molecule has 0 aliphatic carbocycles. The number of allylic oxidation sites excluding steroid dienone is 1. The summed E-state index contributed by atoms with van der Waals surface area (Å²) < 4.78 is 29.9. The van der Waals surface area contributed by atoms with E-state index in [0.29, 0.717) is 54.7 Å². The molecule has 0 spiro atoms. The summed E-state index contributed by atoms with van der Waals surface area (Å²) >= 11 is 1.19. The van der Waals surface area contributed by atoms with Crippen LogP contribution in [0.4, 0.5) is 0 Å². The molecule has 46 heavy (non-hydrogen) atoms. The number of carbonyl (C=O) groups excluding carboxylic acids is 1. The first kappa shape index (κ1) is 32.0. The summed E-state index contributed by atoms with van der Waals surface area (Å²) in [6.45, 7) is 3.71. The lowest BCUT2D eigenvalue weighted by Gasteiger charge is -2.26. The second-order valence-corrected chi connectivity index (χ2v) is 11.1. The Bertz CT molecular complexity index is 2030. The number of methoxy groups -OCH3 is 3. The second kappa shape index (κ2) is 13.7. The number of nitrogens with zero attached hydrogens (tertiary/aromatic N) is 2. The van der Waals surface area contributed by atoms with Crippen LogP contribution in [0, 0.1) is 0 Å². The van der Waals surface area contributed by atoms with E-state index in [0.717, 1.165) is 0 Å². The molecule has 0 unspecified atom stereocenters. The van der Waals surface area contributed by atoms with E-state index in [9.17, 15) is 19.5 Å². The van der Waals surface area contributed by atoms with Crippen LogP contribution in [0.1, 0.15) is 46.9 Å². The lowest BCUT2D eigenvalue weighted by Crippen LogP contribution is -2.40. The Morgan fingerprint density at radius 3 is 2.43 bits per heavy atom. The van der Waals surface area contributed by atoms with Crippen LogP contribution in [0.5, 0.6) is 23.0 Å². The van der Waals surface area contributed by atoms with Crippen molar-refractivity contribution >= 4 is 29.4 Å². The number of thiazole rings is 1. The highest BCUT2D eigenvalue weighted by Gasteiger charge is 2.35. The second-order valence-electron chi connectivity index (χ2n) is 10.1. The molecule has 5 rings (SSSR count). The summed E-state index contributed by atoms with van der Waals surface area (Å²) in [7, 11) is 4.56. The van der Waals surface area contributed by atoms with E-state index in [-0.39, 0.29) is 29.9 Å². The van der Waals surface area contributed by atoms with Crippen LogP contribution in [-0.2, 0) is 16.1 Å². The molecule has 238 valence electrons. The number of carbonyl (C=O) groups is 2. The van der Waals surface area contributed by atoms with E-state index in [2.05, 4.69) is 4.99 Å². The first-order chi connectivity index (χ1) is 22.2. The molecule has 3 aromatic carbocycles. The zero-order valence-corrected chi connectivity index (χ0v) is 26.7. The maximum Gasteiger partial charge on any atom is 0.338 e. The predicted molar refractivity (Wildman–Crippen MR) is 171 cm³/mol. The van der Waals surface area contributed by atoms with Gasteiger partial charge in [-0.3, -0.25) is 9.36 Å². The molecule has 0 saturated carbocycles. The molecular weight excluding hydrogens is 612 g/mol. The molecule has 12 heteroatoms. The largest absolute Gasteiger partial charge is 0.497 e. The third kappa shape index (κ3) is 6.38. The Kier molecular flexibility index (Phi) is 9.57. The molecule has 0 amide bonds. The number of esters is 1. The van der Waals surface area contributed by atoms with E-state index < -0.39 is 18.0 Å². The monoisotopic (exact) mass is 644 g/mol. The first-order valence-electron chi connectivity index (χ1n) is 14.2. The summed E-state index contributed by atoms with van der Waals surface area (Å²) in [5.41, 5.74) is 2.37. The fraction of sp³-hybridized carbons (Fsp3) is 0.235. The highest BCUT2D eigenvalue weighted by molar-refractivity contribution is 7.07. The summed E-state index contributed by atoms with van der Waals surface area (Å²) in [6.07, 6.45) is 1.72. The summed E-state index contributed by atoms with van der Waals surface area (Å²) in [5.74, 6) is 0.266. The summed E-state index contributed by atoms with van der Waals surface area (Å²) in [4.78, 5) is 43.7. The fourth-order valence-corrected chi connectivity index (χ4v) is 6.19. The maximum absolute atomic E-state index is 14.1. The average Bonchev–Trinajstić information content (AvgIpc) is 3.36. The van der Waals surface area contributed by atoms with Gasteiger partial charge in [0.05, 0.1) is 49.3 Å². The van der Waals surface area contributed by atoms with E-state index >= 15 is 0 Å². The Labute approximate surface area is 268 Å². The standard InChI is InChI=1S/C34H32N2O9S/c1-6-44-33(40)29-19(2)35-34-36(30(29)24-17-23(41-3)11-13-25(24)42-4)31(37)28(46-34)16-20-10-12-26(27(15-20)43-5)45-18-21-8-7-9-22(14-21)32(38)39/h7-17,30H,6,18H2,1-5H3,(H,38,39)/b28-16-/t30-/m1/s1. The van der Waals surface area contributed by atoms with Crippen molar-refractivity contribution in [3.05, 3.63) is 114 Å². The molecule has 0 radical (unpaired) electrons. The quantitative estimate of drug-likeness (QED) is 0.240. The van der Waals surface area contributed by atoms with Gasteiger partial charge in [-0.2, -0.15) is 0 Å². The molecular formula is C34H32N2O9S. The van der Waals surface area contributed by atoms with Gasteiger partial charge >= 0.3 is 11.9 Å². The van der Waals surface area contributed by atoms with Gasteiger partial charge in [0.25, 0.3) is 5.56 Å². The number of benzene rings is 3. The van der Waals surface area contributed by atoms with Crippen molar-refractivity contribution in [2.24, 2.45) is 4.99 Å². The van der Waals surface area contributed by atoms with Crippen molar-refractivity contribution in [2.75, 3.05) is 27.9 Å². The van der Waals surface area contributed by atoms with E-state index in [1.54, 1.807) is 74.5 Å². The molecule has 2 heterocycles. The molecule has 0 fully saturated rings. The minimum atomic E-state index is -1.02. The Morgan fingerprint density at radius 2 is 1.74 bits per heavy atom. The summed E-state index contributed by atoms with van der Waals surface area (Å²) in [6, 6.07) is 16.0. The maximum atomic E-state index is 14.1. The van der Waals surface area contributed by atoms with Gasteiger partial charge in [0.2, 0.25) is 0 Å². The van der Waals surface area contributed by atoms with Gasteiger partial charge in [-0.05, 0) is 73.5 Å². The van der Waals surface area contributed by atoms with Gasteiger partial charge in [0.15, 0.2) is 16.3 Å². The van der Waals surface area contributed by atoms with Crippen molar-refractivity contribution in [3.63, 3.8) is 0 Å². The van der Waals surface area contributed by atoms with Crippen LogP contribution in [0.15, 0.2) is 81.7 Å². The average molecular weight is 645 g/mol. The minimum Gasteiger partial charge on any atom is -0.497 e. The van der Waals surface area contributed by atoms with Crippen molar-refractivity contribution in [1.29, 1.82) is 0 Å². The first-order valence-corrected chi connectivity index (χ1v) is 15.0. The molecule has 1 aromatic heterocycles. The van der Waals surface area contributed by atoms with Crippen LogP contribution in [-0.4, -0.2) is 49.5 Å². The SMILES string of the molecule is CCOC(=O)C1=C(C)N=c2s/c(=C\c3ccc(OCc4cccc(C(=O)O)c4)c(OC)c3)c(=O)n2[C@@H]1c1cc(OC)ccc1OC. The Hall–Kier alpha value is -5.36. The Morgan fingerprint density at radius 1 is 0.978 bits per heavy atom. The topological polar surface area (TPSA) is 135 Å². The Balaban J connectivity index is 1.56. The number of carboxylic acid groups (broad SMARTS) is 1. The molecule has 1 aliphatic rings. The lowest BCUT2D eigenvalue weighted by molar-refractivity contribution is -0.139. The van der Waals surface area contributed by atoms with Crippen LogP contribution in [0.3, 0.4) is 0 Å². The summed E-state index contributed by atoms with van der Waals surface area (Å²) in [5, 5.41) is 9.26. The van der Waals surface area contributed by atoms with Gasteiger partial charge < -0.3 is 28.8 Å². The minimum absolute atomic E-state index is 0.130. The molecule has 4 aromatic rings. The van der Waals surface area contributed by atoms with Gasteiger partial charge in [0.1, 0.15) is 24.1 Å². The number of rotatable bonds is 11. The molecule has 0 saturated heterocycles. The third-order valence-electron chi connectivity index (χ3n) is 7.30. The van der Waals surface area contributed by atoms with Crippen molar-refractivity contribution in [2.45, 2.75) is 26.5 Å². The number of aromatic nitrogens is 1. The fourth-order valence-electron chi connectivity index (χ4n) is 5.14. The highest BCUT2D eigenvalue weighted by atomic mass is 32.1. The van der Waals surface area contributed by atoms with E-state index in [4.69, 9.17) is 23.7 Å². The van der Waals surface area contributed by atoms with Gasteiger partial charge in [-0.25, -0.2) is 14.6 Å². The number of hydrogen-bond acceptors (Lipinski definition) is 10. The number of carboxylic acids is 1. The van der Waals surface area contributed by atoms with Gasteiger partial charge in [0, 0.05) is 5.56 Å². The van der Waals surface area contributed by atoms with E-state index in [1.807, 2.05) is 0 Å². The number of aromatic carboxylic acids is 1. The number of hydrogen-bond donors (Lipinski definition) is 1. The van der Waals surface area contributed by atoms with Crippen molar-refractivity contribution in [3.8, 4) is 23.0 Å². The van der Waals surface area contributed by atoms with Crippen LogP contribution >= 0.6 is 11.3 Å². The highest BCUT2D eigenvalue weighted by Crippen LogP contribution is 2.38. The number of ether oxygens (including phenoxy) is 5. The number of fused-ring (bicyclic) bond motifs is 1. The molecule has 1 atom stereocenters. The lowest BCUT2D eigenvalue weighted by atomic mass is 9.94. The van der Waals surface area contributed by atoms with Crippen LogP contribution in [0.25, 0.3) is 6.08 Å². The zero-order chi connectivity index (χ0) is 33.0. The molecule has 1 N–H and O–H groups in total.